The number of nitrogen functional groups attached to an aromatic ring is 1. The Morgan fingerprint density at radius 1 is 1.25 bits per heavy atom. The highest BCUT2D eigenvalue weighted by Gasteiger charge is 2.08. The second-order valence-electron chi connectivity index (χ2n) is 5.58. The van der Waals surface area contributed by atoms with E-state index in [9.17, 15) is 4.79 Å². The third-order valence-electron chi connectivity index (χ3n) is 3.09. The van der Waals surface area contributed by atoms with Gasteiger partial charge < -0.3 is 15.8 Å². The average molecular weight is 278 g/mol. The van der Waals surface area contributed by atoms with Gasteiger partial charge in [0.2, 0.25) is 5.91 Å². The molecular weight excluding hydrogens is 252 g/mol. The van der Waals surface area contributed by atoms with Crippen LogP contribution in [0.5, 0.6) is 5.75 Å². The maximum absolute atomic E-state index is 11.8. The Labute approximate surface area is 121 Å². The number of nitrogens with two attached hydrogens (primary N) is 1. The zero-order chi connectivity index (χ0) is 15.0. The molecule has 0 saturated carbocycles. The first-order chi connectivity index (χ1) is 9.49. The van der Waals surface area contributed by atoms with Crippen molar-refractivity contribution >= 4 is 11.6 Å². The van der Waals surface area contributed by atoms with Gasteiger partial charge in [-0.15, -0.1) is 0 Å². The van der Waals surface area contributed by atoms with Crippen LogP contribution in [0.1, 0.15) is 40.0 Å². The number of carbonyl (C=O) groups excluding carboxylic acids is 1. The van der Waals surface area contributed by atoms with Crippen LogP contribution in [-0.2, 0) is 4.79 Å². The van der Waals surface area contributed by atoms with E-state index in [4.69, 9.17) is 10.5 Å². The van der Waals surface area contributed by atoms with E-state index in [-0.39, 0.29) is 11.9 Å². The molecule has 0 aliphatic rings. The van der Waals surface area contributed by atoms with Crippen molar-refractivity contribution in [1.29, 1.82) is 0 Å². The van der Waals surface area contributed by atoms with Crippen LogP contribution in [-0.4, -0.2) is 18.6 Å². The highest BCUT2D eigenvalue weighted by atomic mass is 16.5. The van der Waals surface area contributed by atoms with Crippen molar-refractivity contribution in [2.24, 2.45) is 5.92 Å². The number of nitrogens with one attached hydrogen (secondary N) is 1. The summed E-state index contributed by atoms with van der Waals surface area (Å²) in [6.45, 7) is 6.76. The average Bonchev–Trinajstić information content (AvgIpc) is 2.38. The summed E-state index contributed by atoms with van der Waals surface area (Å²) in [4.78, 5) is 11.8. The summed E-state index contributed by atoms with van der Waals surface area (Å²) in [6.07, 6.45) is 2.48. The van der Waals surface area contributed by atoms with E-state index < -0.39 is 0 Å². The molecular formula is C16H26N2O2. The molecule has 1 unspecified atom stereocenters. The van der Waals surface area contributed by atoms with Crippen molar-refractivity contribution in [3.05, 3.63) is 24.3 Å². The summed E-state index contributed by atoms with van der Waals surface area (Å²) in [5, 5.41) is 2.99. The summed E-state index contributed by atoms with van der Waals surface area (Å²) in [5.41, 5.74) is 6.36. The third kappa shape index (κ3) is 6.45. The number of benzene rings is 1. The van der Waals surface area contributed by atoms with Crippen LogP contribution in [0.3, 0.4) is 0 Å². The highest BCUT2D eigenvalue weighted by molar-refractivity contribution is 5.76. The van der Waals surface area contributed by atoms with E-state index in [2.05, 4.69) is 19.2 Å². The molecule has 112 valence electrons. The monoisotopic (exact) mass is 278 g/mol. The number of para-hydroxylation sites is 2. The Morgan fingerprint density at radius 2 is 1.95 bits per heavy atom. The van der Waals surface area contributed by atoms with Gasteiger partial charge in [0.1, 0.15) is 5.75 Å². The quantitative estimate of drug-likeness (QED) is 0.718. The number of amides is 1. The molecule has 0 spiro atoms. The largest absolute Gasteiger partial charge is 0.491 e. The predicted molar refractivity (Wildman–Crippen MR) is 82.6 cm³/mol. The molecule has 0 fully saturated rings. The molecule has 3 N–H and O–H groups in total. The van der Waals surface area contributed by atoms with Crippen LogP contribution in [0, 0.1) is 5.92 Å². The van der Waals surface area contributed by atoms with Gasteiger partial charge in [0, 0.05) is 6.04 Å². The van der Waals surface area contributed by atoms with Crippen LogP contribution >= 0.6 is 0 Å². The van der Waals surface area contributed by atoms with Crippen LogP contribution < -0.4 is 15.8 Å². The van der Waals surface area contributed by atoms with Crippen LogP contribution in [0.4, 0.5) is 5.69 Å². The van der Waals surface area contributed by atoms with E-state index in [0.717, 1.165) is 12.8 Å². The lowest BCUT2D eigenvalue weighted by Gasteiger charge is -2.15. The number of hydrogen-bond acceptors (Lipinski definition) is 3. The Hall–Kier alpha value is -1.71. The number of rotatable bonds is 8. The molecule has 0 saturated heterocycles. The van der Waals surface area contributed by atoms with Crippen LogP contribution in [0.25, 0.3) is 0 Å². The standard InChI is InChI=1S/C16H26N2O2/c1-12(2)8-9-13(3)18-16(19)10-11-20-15-7-5-4-6-14(15)17/h4-7,12-13H,8-11,17H2,1-3H3,(H,18,19). The van der Waals surface area contributed by atoms with Gasteiger partial charge in [-0.2, -0.15) is 0 Å². The summed E-state index contributed by atoms with van der Waals surface area (Å²) in [7, 11) is 0. The second-order valence-corrected chi connectivity index (χ2v) is 5.58. The van der Waals surface area contributed by atoms with E-state index >= 15 is 0 Å². The third-order valence-corrected chi connectivity index (χ3v) is 3.09. The molecule has 1 aromatic carbocycles. The molecule has 0 heterocycles. The molecule has 0 aliphatic carbocycles. The smallest absolute Gasteiger partial charge is 0.223 e. The van der Waals surface area contributed by atoms with Gasteiger partial charge in [0.15, 0.2) is 0 Å². The zero-order valence-electron chi connectivity index (χ0n) is 12.7. The first-order valence-corrected chi connectivity index (χ1v) is 7.25. The molecule has 0 radical (unpaired) electrons. The molecule has 0 aliphatic heterocycles. The van der Waals surface area contributed by atoms with Crippen LogP contribution in [0.15, 0.2) is 24.3 Å². The lowest BCUT2D eigenvalue weighted by molar-refractivity contribution is -0.122. The van der Waals surface area contributed by atoms with Gasteiger partial charge in [-0.1, -0.05) is 26.0 Å². The van der Waals surface area contributed by atoms with E-state index in [1.165, 1.54) is 0 Å². The second kappa shape index (κ2) is 8.46. The Bertz CT molecular complexity index is 419. The molecule has 4 heteroatoms. The maximum atomic E-state index is 11.8. The number of ether oxygens (including phenoxy) is 1. The van der Waals surface area contributed by atoms with Crippen molar-refractivity contribution in [1.82, 2.24) is 5.32 Å². The first kappa shape index (κ1) is 16.3. The zero-order valence-corrected chi connectivity index (χ0v) is 12.7. The van der Waals surface area contributed by atoms with Gasteiger partial charge in [0.05, 0.1) is 18.7 Å². The van der Waals surface area contributed by atoms with Gasteiger partial charge in [-0.25, -0.2) is 0 Å². The van der Waals surface area contributed by atoms with E-state index in [0.29, 0.717) is 30.4 Å². The van der Waals surface area contributed by atoms with Crippen LogP contribution in [0.2, 0.25) is 0 Å². The van der Waals surface area contributed by atoms with Gasteiger partial charge in [-0.3, -0.25) is 4.79 Å². The molecule has 1 atom stereocenters. The molecule has 20 heavy (non-hydrogen) atoms. The SMILES string of the molecule is CC(C)CCC(C)NC(=O)CCOc1ccccc1N. The fourth-order valence-electron chi connectivity index (χ4n) is 1.87. The van der Waals surface area contributed by atoms with E-state index in [1.54, 1.807) is 12.1 Å². The Morgan fingerprint density at radius 3 is 2.60 bits per heavy atom. The first-order valence-electron chi connectivity index (χ1n) is 7.25. The lowest BCUT2D eigenvalue weighted by atomic mass is 10.0. The summed E-state index contributed by atoms with van der Waals surface area (Å²) in [5.74, 6) is 1.32. The van der Waals surface area contributed by atoms with E-state index in [1.807, 2.05) is 19.1 Å². The number of hydrogen-bond donors (Lipinski definition) is 2. The Kier molecular flexibility index (Phi) is 6.91. The minimum absolute atomic E-state index is 0.0239. The fraction of sp³-hybridized carbons (Fsp3) is 0.562. The van der Waals surface area contributed by atoms with Gasteiger partial charge >= 0.3 is 0 Å². The molecule has 1 aromatic rings. The van der Waals surface area contributed by atoms with Crippen molar-refractivity contribution in [2.45, 2.75) is 46.1 Å². The predicted octanol–water partition coefficient (Wildman–Crippen LogP) is 2.98. The summed E-state index contributed by atoms with van der Waals surface area (Å²) < 4.78 is 5.50. The fourth-order valence-corrected chi connectivity index (χ4v) is 1.87. The minimum Gasteiger partial charge on any atom is -0.491 e. The minimum atomic E-state index is 0.0239. The molecule has 1 rings (SSSR count). The van der Waals surface area contributed by atoms with Gasteiger partial charge in [-0.05, 0) is 37.8 Å². The molecule has 4 nitrogen and oxygen atoms in total. The summed E-state index contributed by atoms with van der Waals surface area (Å²) >= 11 is 0. The highest BCUT2D eigenvalue weighted by Crippen LogP contribution is 2.19. The lowest BCUT2D eigenvalue weighted by Crippen LogP contribution is -2.33. The number of anilines is 1. The molecule has 0 bridgehead atoms. The summed E-state index contributed by atoms with van der Waals surface area (Å²) in [6, 6.07) is 7.51. The van der Waals surface area contributed by atoms with Gasteiger partial charge in [0.25, 0.3) is 0 Å². The number of carbonyl (C=O) groups is 1. The van der Waals surface area contributed by atoms with Crippen molar-refractivity contribution in [2.75, 3.05) is 12.3 Å². The molecule has 1 amide bonds. The normalized spacial score (nSPS) is 12.2. The molecule has 0 aromatic heterocycles. The van der Waals surface area contributed by atoms with Crippen molar-refractivity contribution in [3.63, 3.8) is 0 Å². The van der Waals surface area contributed by atoms with Crippen molar-refractivity contribution in [3.8, 4) is 5.75 Å². The maximum Gasteiger partial charge on any atom is 0.223 e. The Balaban J connectivity index is 2.22. The topological polar surface area (TPSA) is 64.3 Å². The van der Waals surface area contributed by atoms with Crippen molar-refractivity contribution < 1.29 is 9.53 Å².